The number of aromatic nitrogens is 2. The highest BCUT2D eigenvalue weighted by atomic mass is 16.5. The van der Waals surface area contributed by atoms with Crippen LogP contribution in [0, 0.1) is 0 Å². The molecule has 31 heavy (non-hydrogen) atoms. The van der Waals surface area contributed by atoms with Crippen LogP contribution in [0.4, 0.5) is 5.69 Å². The Balaban J connectivity index is 1.47. The number of aryl methyl sites for hydroxylation is 1. The maximum atomic E-state index is 12.4. The molecule has 9 heteroatoms. The summed E-state index contributed by atoms with van der Waals surface area (Å²) in [6, 6.07) is 14.2. The third-order valence-corrected chi connectivity index (χ3v) is 4.55. The summed E-state index contributed by atoms with van der Waals surface area (Å²) in [5.41, 5.74) is 1.41. The highest BCUT2D eigenvalue weighted by molar-refractivity contribution is 5.94. The van der Waals surface area contributed by atoms with E-state index in [9.17, 15) is 9.59 Å². The molecule has 0 fully saturated rings. The second-order valence-electron chi connectivity index (χ2n) is 6.77. The number of nitrogens with zero attached hydrogens (tertiary/aromatic N) is 3. The fraction of sp³-hybridized carbons (Fsp3) is 0.273. The van der Waals surface area contributed by atoms with Crippen molar-refractivity contribution in [1.82, 2.24) is 15.0 Å². The minimum absolute atomic E-state index is 0.0637. The molecule has 0 atom stereocenters. The maximum Gasteiger partial charge on any atom is 0.243 e. The molecule has 0 radical (unpaired) electrons. The second-order valence-corrected chi connectivity index (χ2v) is 6.77. The van der Waals surface area contributed by atoms with Crippen LogP contribution >= 0.6 is 0 Å². The second kappa shape index (κ2) is 10.2. The summed E-state index contributed by atoms with van der Waals surface area (Å²) in [5.74, 6) is 1.74. The molecule has 1 heterocycles. The number of anilines is 1. The van der Waals surface area contributed by atoms with Gasteiger partial charge in [0.15, 0.2) is 0 Å². The lowest BCUT2D eigenvalue weighted by Gasteiger charge is -2.16. The number of amides is 2. The molecule has 3 rings (SSSR count). The first-order valence-electron chi connectivity index (χ1n) is 9.63. The van der Waals surface area contributed by atoms with Gasteiger partial charge >= 0.3 is 0 Å². The summed E-state index contributed by atoms with van der Waals surface area (Å²) in [6.07, 6.45) is 0.434. The number of ether oxygens (including phenoxy) is 2. The molecule has 1 aromatic heterocycles. The Morgan fingerprint density at radius 1 is 1.00 bits per heavy atom. The van der Waals surface area contributed by atoms with Crippen molar-refractivity contribution in [2.24, 2.45) is 0 Å². The average Bonchev–Trinajstić information content (AvgIpc) is 3.27. The van der Waals surface area contributed by atoms with Crippen LogP contribution in [-0.4, -0.2) is 54.7 Å². The predicted molar refractivity (Wildman–Crippen MR) is 114 cm³/mol. The normalized spacial score (nSPS) is 10.4. The van der Waals surface area contributed by atoms with E-state index >= 15 is 0 Å². The molecule has 0 bridgehead atoms. The quantitative estimate of drug-likeness (QED) is 0.563. The van der Waals surface area contributed by atoms with Crippen molar-refractivity contribution in [3.63, 3.8) is 0 Å². The number of likely N-dealkylation sites (N-methyl/N-ethyl adjacent to an activating group) is 1. The van der Waals surface area contributed by atoms with Gasteiger partial charge in [-0.2, -0.15) is 4.98 Å². The average molecular weight is 424 g/mol. The molecular formula is C22H24N4O5. The van der Waals surface area contributed by atoms with Crippen LogP contribution < -0.4 is 14.8 Å². The van der Waals surface area contributed by atoms with E-state index in [0.29, 0.717) is 23.2 Å². The zero-order valence-electron chi connectivity index (χ0n) is 17.6. The molecule has 162 valence electrons. The summed E-state index contributed by atoms with van der Waals surface area (Å²) in [4.78, 5) is 30.2. The van der Waals surface area contributed by atoms with Crippen LogP contribution in [0.25, 0.3) is 11.4 Å². The summed E-state index contributed by atoms with van der Waals surface area (Å²) >= 11 is 0. The van der Waals surface area contributed by atoms with Gasteiger partial charge in [-0.1, -0.05) is 5.16 Å². The maximum absolute atomic E-state index is 12.4. The number of hydrogen-bond donors (Lipinski definition) is 1. The van der Waals surface area contributed by atoms with E-state index in [0.717, 1.165) is 11.3 Å². The van der Waals surface area contributed by atoms with Crippen LogP contribution in [-0.2, 0) is 16.0 Å². The van der Waals surface area contributed by atoms with Crippen molar-refractivity contribution in [2.45, 2.75) is 12.8 Å². The van der Waals surface area contributed by atoms with Gasteiger partial charge in [-0.3, -0.25) is 9.59 Å². The first-order chi connectivity index (χ1) is 15.0. The molecule has 1 N–H and O–H groups in total. The smallest absolute Gasteiger partial charge is 0.243 e. The third-order valence-electron chi connectivity index (χ3n) is 4.55. The number of nitrogens with one attached hydrogen (secondary N) is 1. The van der Waals surface area contributed by atoms with E-state index in [1.807, 2.05) is 12.1 Å². The highest BCUT2D eigenvalue weighted by Crippen LogP contribution is 2.20. The summed E-state index contributed by atoms with van der Waals surface area (Å²) < 4.78 is 15.4. The molecule has 9 nitrogen and oxygen atoms in total. The number of carbonyl (C=O) groups excluding carboxylic acids is 2. The lowest BCUT2D eigenvalue weighted by atomic mass is 10.2. The fourth-order valence-corrected chi connectivity index (χ4v) is 2.80. The molecule has 0 aliphatic heterocycles. The first kappa shape index (κ1) is 21.8. The number of methoxy groups -OCH3 is 2. The number of benzene rings is 2. The van der Waals surface area contributed by atoms with Gasteiger partial charge in [0.1, 0.15) is 11.5 Å². The van der Waals surface area contributed by atoms with Crippen LogP contribution in [0.15, 0.2) is 53.1 Å². The number of hydrogen-bond acceptors (Lipinski definition) is 7. The van der Waals surface area contributed by atoms with Gasteiger partial charge in [0.05, 0.1) is 20.8 Å². The predicted octanol–water partition coefficient (Wildman–Crippen LogP) is 2.78. The van der Waals surface area contributed by atoms with Crippen molar-refractivity contribution in [3.05, 3.63) is 54.4 Å². The van der Waals surface area contributed by atoms with Crippen molar-refractivity contribution >= 4 is 17.5 Å². The van der Waals surface area contributed by atoms with Gasteiger partial charge in [0.25, 0.3) is 0 Å². The summed E-state index contributed by atoms with van der Waals surface area (Å²) in [5, 5.41) is 6.69. The van der Waals surface area contributed by atoms with Gasteiger partial charge in [-0.25, -0.2) is 0 Å². The number of rotatable bonds is 9. The van der Waals surface area contributed by atoms with E-state index in [4.69, 9.17) is 14.0 Å². The first-order valence-corrected chi connectivity index (χ1v) is 9.63. The molecule has 3 aromatic rings. The Hall–Kier alpha value is -3.88. The summed E-state index contributed by atoms with van der Waals surface area (Å²) in [7, 11) is 4.74. The highest BCUT2D eigenvalue weighted by Gasteiger charge is 2.16. The van der Waals surface area contributed by atoms with Gasteiger partial charge in [-0.05, 0) is 48.5 Å². The third kappa shape index (κ3) is 6.05. The molecule has 0 saturated heterocycles. The molecule has 0 unspecified atom stereocenters. The fourth-order valence-electron chi connectivity index (χ4n) is 2.80. The Morgan fingerprint density at radius 2 is 1.61 bits per heavy atom. The molecule has 0 aliphatic rings. The molecular weight excluding hydrogens is 400 g/mol. The van der Waals surface area contributed by atoms with Crippen LogP contribution in [0.3, 0.4) is 0 Å². The van der Waals surface area contributed by atoms with Crippen molar-refractivity contribution in [3.8, 4) is 22.9 Å². The Labute approximate surface area is 180 Å². The minimum Gasteiger partial charge on any atom is -0.497 e. The largest absolute Gasteiger partial charge is 0.497 e. The minimum atomic E-state index is -0.291. The van der Waals surface area contributed by atoms with E-state index < -0.39 is 0 Å². The van der Waals surface area contributed by atoms with Crippen LogP contribution in [0.1, 0.15) is 12.3 Å². The molecule has 2 aromatic carbocycles. The molecule has 0 saturated carbocycles. The monoisotopic (exact) mass is 424 g/mol. The molecule has 0 spiro atoms. The molecule has 0 aliphatic carbocycles. The van der Waals surface area contributed by atoms with E-state index in [1.165, 1.54) is 4.90 Å². The van der Waals surface area contributed by atoms with E-state index in [1.54, 1.807) is 57.7 Å². The van der Waals surface area contributed by atoms with Crippen molar-refractivity contribution in [1.29, 1.82) is 0 Å². The van der Waals surface area contributed by atoms with Gasteiger partial charge in [0.2, 0.25) is 23.5 Å². The number of carbonyl (C=O) groups is 2. The van der Waals surface area contributed by atoms with E-state index in [2.05, 4.69) is 15.5 Å². The van der Waals surface area contributed by atoms with Crippen molar-refractivity contribution in [2.75, 3.05) is 33.1 Å². The van der Waals surface area contributed by atoms with Crippen LogP contribution in [0.2, 0.25) is 0 Å². The van der Waals surface area contributed by atoms with E-state index in [-0.39, 0.29) is 31.2 Å². The Bertz CT molecular complexity index is 1020. The lowest BCUT2D eigenvalue weighted by Crippen LogP contribution is -2.35. The zero-order valence-corrected chi connectivity index (χ0v) is 17.6. The van der Waals surface area contributed by atoms with Gasteiger partial charge < -0.3 is 24.2 Å². The zero-order chi connectivity index (χ0) is 22.2. The Kier molecular flexibility index (Phi) is 7.21. The Morgan fingerprint density at radius 3 is 2.23 bits per heavy atom. The topological polar surface area (TPSA) is 107 Å². The standard InChI is InChI=1S/C22H24N4O5/c1-26(14-19(27)23-16-6-10-18(30-3)11-7-16)21(28)13-12-20-24-22(25-31-20)15-4-8-17(29-2)9-5-15/h4-11H,12-14H2,1-3H3,(H,23,27). The molecule has 2 amide bonds. The van der Waals surface area contributed by atoms with Gasteiger partial charge in [0, 0.05) is 31.1 Å². The van der Waals surface area contributed by atoms with Crippen LogP contribution in [0.5, 0.6) is 11.5 Å². The summed E-state index contributed by atoms with van der Waals surface area (Å²) in [6.45, 7) is -0.0637. The van der Waals surface area contributed by atoms with Gasteiger partial charge in [-0.15, -0.1) is 0 Å². The van der Waals surface area contributed by atoms with Crippen molar-refractivity contribution < 1.29 is 23.6 Å². The SMILES string of the molecule is COc1ccc(NC(=O)CN(C)C(=O)CCc2nc(-c3ccc(OC)cc3)no2)cc1. The lowest BCUT2D eigenvalue weighted by molar-refractivity contribution is -0.133.